The molecule has 0 fully saturated rings. The van der Waals surface area contributed by atoms with Crippen molar-refractivity contribution in [2.45, 2.75) is 83.8 Å². The number of halogens is 3. The van der Waals surface area contributed by atoms with Gasteiger partial charge in [-0.25, -0.2) is 0 Å². The first kappa shape index (κ1) is 25.9. The van der Waals surface area contributed by atoms with Crippen LogP contribution in [-0.4, -0.2) is 26.8 Å². The molecule has 3 nitrogen and oxygen atoms in total. The minimum atomic E-state index is -4.33. The van der Waals surface area contributed by atoms with E-state index >= 15 is 0 Å². The summed E-state index contributed by atoms with van der Waals surface area (Å²) in [6.45, 7) is 4.50. The molecule has 1 unspecified atom stereocenters. The minimum Gasteiger partial charge on any atom is -0.331 e. The Bertz CT molecular complexity index is 557. The van der Waals surface area contributed by atoms with Crippen molar-refractivity contribution in [1.82, 2.24) is 0 Å². The van der Waals surface area contributed by atoms with Gasteiger partial charge in [-0.05, 0) is 37.8 Å². The van der Waals surface area contributed by atoms with Crippen LogP contribution in [0.3, 0.4) is 0 Å². The van der Waals surface area contributed by atoms with Crippen molar-refractivity contribution in [3.05, 3.63) is 35.4 Å². The van der Waals surface area contributed by atoms with Crippen LogP contribution in [0, 0.1) is 5.92 Å². The zero-order chi connectivity index (χ0) is 21.8. The van der Waals surface area contributed by atoms with Crippen molar-refractivity contribution >= 4 is 0 Å². The van der Waals surface area contributed by atoms with E-state index in [4.69, 9.17) is 14.2 Å². The van der Waals surface area contributed by atoms with E-state index in [-0.39, 0.29) is 5.92 Å². The standard InChI is InChI=1S/C23H37F3O3/c1-5-7-8-9-10-11-14-20(23(27-3,28-4)29-6-2)17-16-19-13-12-15-21(18-19)22(24,25)26/h12-13,15,18,20H,5-11,14,16-17H2,1-4H3. The highest BCUT2D eigenvalue weighted by atomic mass is 19.4. The van der Waals surface area contributed by atoms with Gasteiger partial charge in [0, 0.05) is 26.7 Å². The molecule has 0 aliphatic carbocycles. The minimum absolute atomic E-state index is 0.0711. The maximum atomic E-state index is 13.0. The molecule has 0 heterocycles. The molecule has 0 aromatic heterocycles. The first-order valence-corrected chi connectivity index (χ1v) is 10.7. The number of aryl methyl sites for hydroxylation is 1. The predicted molar refractivity (Wildman–Crippen MR) is 110 cm³/mol. The van der Waals surface area contributed by atoms with Crippen molar-refractivity contribution in [3.63, 3.8) is 0 Å². The molecule has 1 aromatic carbocycles. The molecule has 0 radical (unpaired) electrons. The Morgan fingerprint density at radius 1 is 0.897 bits per heavy atom. The smallest absolute Gasteiger partial charge is 0.331 e. The molecule has 0 saturated carbocycles. The van der Waals surface area contributed by atoms with Crippen molar-refractivity contribution in [2.24, 2.45) is 5.92 Å². The highest BCUT2D eigenvalue weighted by molar-refractivity contribution is 5.25. The number of ether oxygens (including phenoxy) is 3. The monoisotopic (exact) mass is 418 g/mol. The molecule has 0 bridgehead atoms. The van der Waals surface area contributed by atoms with Crippen molar-refractivity contribution in [1.29, 1.82) is 0 Å². The van der Waals surface area contributed by atoms with Gasteiger partial charge in [-0.15, -0.1) is 0 Å². The molecule has 0 amide bonds. The number of alkyl halides is 3. The largest absolute Gasteiger partial charge is 0.416 e. The molecule has 0 N–H and O–H groups in total. The van der Waals surface area contributed by atoms with Gasteiger partial charge in [-0.3, -0.25) is 0 Å². The summed E-state index contributed by atoms with van der Waals surface area (Å²) < 4.78 is 56.1. The summed E-state index contributed by atoms with van der Waals surface area (Å²) in [6.07, 6.45) is 4.65. The fraction of sp³-hybridized carbons (Fsp3) is 0.739. The van der Waals surface area contributed by atoms with Crippen LogP contribution < -0.4 is 0 Å². The SMILES string of the molecule is CCCCCCCCC(CCc1cccc(C(F)(F)F)c1)C(OC)(OC)OCC. The van der Waals surface area contributed by atoms with Gasteiger partial charge in [-0.1, -0.05) is 63.6 Å². The first-order valence-electron chi connectivity index (χ1n) is 10.7. The summed E-state index contributed by atoms with van der Waals surface area (Å²) in [5.41, 5.74) is 0.0439. The summed E-state index contributed by atoms with van der Waals surface area (Å²) >= 11 is 0. The topological polar surface area (TPSA) is 27.7 Å². The molecular formula is C23H37F3O3. The van der Waals surface area contributed by atoms with Gasteiger partial charge in [-0.2, -0.15) is 13.2 Å². The van der Waals surface area contributed by atoms with E-state index in [1.165, 1.54) is 37.8 Å². The second-order valence-electron chi connectivity index (χ2n) is 7.43. The lowest BCUT2D eigenvalue weighted by Gasteiger charge is -2.37. The van der Waals surface area contributed by atoms with Crippen LogP contribution in [0.2, 0.25) is 0 Å². The zero-order valence-corrected chi connectivity index (χ0v) is 18.3. The van der Waals surface area contributed by atoms with Gasteiger partial charge in [0.2, 0.25) is 0 Å². The summed E-state index contributed by atoms with van der Waals surface area (Å²) in [4.78, 5) is 0. The van der Waals surface area contributed by atoms with E-state index in [9.17, 15) is 13.2 Å². The Morgan fingerprint density at radius 2 is 1.55 bits per heavy atom. The Hall–Kier alpha value is -1.11. The van der Waals surface area contributed by atoms with Crippen molar-refractivity contribution in [3.8, 4) is 0 Å². The average molecular weight is 419 g/mol. The predicted octanol–water partition coefficient (Wildman–Crippen LogP) is 6.99. The van der Waals surface area contributed by atoms with E-state index < -0.39 is 17.7 Å². The van der Waals surface area contributed by atoms with Crippen LogP contribution in [0.4, 0.5) is 13.2 Å². The first-order chi connectivity index (χ1) is 13.8. The highest BCUT2D eigenvalue weighted by Gasteiger charge is 2.40. The molecule has 29 heavy (non-hydrogen) atoms. The van der Waals surface area contributed by atoms with Crippen molar-refractivity contribution < 1.29 is 27.4 Å². The molecular weight excluding hydrogens is 381 g/mol. The van der Waals surface area contributed by atoms with Gasteiger partial charge in [0.15, 0.2) is 0 Å². The molecule has 6 heteroatoms. The van der Waals surface area contributed by atoms with Crippen molar-refractivity contribution in [2.75, 3.05) is 20.8 Å². The molecule has 1 aromatic rings. The third-order valence-corrected chi connectivity index (χ3v) is 5.36. The van der Waals surface area contributed by atoms with Gasteiger partial charge in [0.1, 0.15) is 0 Å². The molecule has 0 spiro atoms. The lowest BCUT2D eigenvalue weighted by Crippen LogP contribution is -2.45. The van der Waals surface area contributed by atoms with E-state index in [1.54, 1.807) is 20.3 Å². The fourth-order valence-corrected chi connectivity index (χ4v) is 3.77. The maximum Gasteiger partial charge on any atom is 0.416 e. The van der Waals surface area contributed by atoms with Crippen LogP contribution in [0.1, 0.15) is 76.3 Å². The molecule has 1 atom stereocenters. The third-order valence-electron chi connectivity index (χ3n) is 5.36. The number of hydrogen-bond donors (Lipinski definition) is 0. The average Bonchev–Trinajstić information content (AvgIpc) is 2.71. The van der Waals surface area contributed by atoms with E-state index in [1.807, 2.05) is 6.92 Å². The molecule has 168 valence electrons. The molecule has 1 rings (SSSR count). The number of methoxy groups -OCH3 is 2. The van der Waals surface area contributed by atoms with Crippen LogP contribution in [-0.2, 0) is 26.8 Å². The number of hydrogen-bond acceptors (Lipinski definition) is 3. The zero-order valence-electron chi connectivity index (χ0n) is 18.3. The maximum absolute atomic E-state index is 13.0. The Morgan fingerprint density at radius 3 is 2.14 bits per heavy atom. The lowest BCUT2D eigenvalue weighted by molar-refractivity contribution is -0.388. The normalized spacial score (nSPS) is 13.6. The fourth-order valence-electron chi connectivity index (χ4n) is 3.77. The summed E-state index contributed by atoms with van der Waals surface area (Å²) in [7, 11) is 3.11. The van der Waals surface area contributed by atoms with Crippen LogP contribution in [0.25, 0.3) is 0 Å². The van der Waals surface area contributed by atoms with E-state index in [2.05, 4.69) is 6.92 Å². The Labute approximate surface area is 173 Å². The van der Waals surface area contributed by atoms with Crippen LogP contribution in [0.5, 0.6) is 0 Å². The number of benzene rings is 1. The molecule has 0 saturated heterocycles. The second kappa shape index (κ2) is 13.2. The van der Waals surface area contributed by atoms with Gasteiger partial charge in [0.25, 0.3) is 5.97 Å². The highest BCUT2D eigenvalue weighted by Crippen LogP contribution is 2.34. The lowest BCUT2D eigenvalue weighted by atomic mass is 9.91. The quantitative estimate of drug-likeness (QED) is 0.227. The van der Waals surface area contributed by atoms with Gasteiger partial charge < -0.3 is 14.2 Å². The van der Waals surface area contributed by atoms with Gasteiger partial charge in [0.05, 0.1) is 5.56 Å². The van der Waals surface area contributed by atoms with Crippen LogP contribution >= 0.6 is 0 Å². The summed E-state index contributed by atoms with van der Waals surface area (Å²) in [6, 6.07) is 5.53. The Kier molecular flexibility index (Phi) is 11.8. The number of rotatable bonds is 15. The third kappa shape index (κ3) is 8.65. The number of unbranched alkanes of at least 4 members (excludes halogenated alkanes) is 5. The summed E-state index contributed by atoms with van der Waals surface area (Å²) in [5.74, 6) is -1.24. The van der Waals surface area contributed by atoms with E-state index in [0.29, 0.717) is 25.0 Å². The Balaban J connectivity index is 2.82. The molecule has 0 aliphatic heterocycles. The van der Waals surface area contributed by atoms with E-state index in [0.717, 1.165) is 25.3 Å². The molecule has 0 aliphatic rings. The second-order valence-corrected chi connectivity index (χ2v) is 7.43. The van der Waals surface area contributed by atoms with Gasteiger partial charge >= 0.3 is 6.18 Å². The summed E-state index contributed by atoms with van der Waals surface area (Å²) in [5, 5.41) is 0. The van der Waals surface area contributed by atoms with Crippen LogP contribution in [0.15, 0.2) is 24.3 Å².